The van der Waals surface area contributed by atoms with Gasteiger partial charge in [-0.1, -0.05) is 62.7 Å². The third kappa shape index (κ3) is 7.56. The van der Waals surface area contributed by atoms with Crippen LogP contribution in [0.1, 0.15) is 50.7 Å². The lowest BCUT2D eigenvalue weighted by atomic mass is 9.98. The second kappa shape index (κ2) is 11.6. The highest BCUT2D eigenvalue weighted by Gasteiger charge is 2.07. The van der Waals surface area contributed by atoms with Gasteiger partial charge in [-0.2, -0.15) is 0 Å². The van der Waals surface area contributed by atoms with E-state index in [4.69, 9.17) is 9.47 Å². The van der Waals surface area contributed by atoms with Gasteiger partial charge in [0.15, 0.2) is 0 Å². The summed E-state index contributed by atoms with van der Waals surface area (Å²) < 4.78 is 10.7. The van der Waals surface area contributed by atoms with E-state index < -0.39 is 0 Å². The molecule has 0 aliphatic rings. The van der Waals surface area contributed by atoms with Crippen molar-refractivity contribution in [2.45, 2.75) is 52.6 Å². The van der Waals surface area contributed by atoms with Crippen molar-refractivity contribution in [3.63, 3.8) is 0 Å². The van der Waals surface area contributed by atoms with Crippen LogP contribution >= 0.6 is 0 Å². The number of esters is 1. The summed E-state index contributed by atoms with van der Waals surface area (Å²) in [6.07, 6.45) is 4.61. The highest BCUT2D eigenvalue weighted by atomic mass is 16.5. The Balaban J connectivity index is 2.04. The molecule has 0 fully saturated rings. The van der Waals surface area contributed by atoms with E-state index in [1.807, 2.05) is 18.2 Å². The van der Waals surface area contributed by atoms with Crippen LogP contribution in [0.3, 0.4) is 0 Å². The zero-order valence-electron chi connectivity index (χ0n) is 16.9. The molecular formula is C24H32O3. The lowest BCUT2D eigenvalue weighted by molar-refractivity contribution is -0.140. The highest BCUT2D eigenvalue weighted by Crippen LogP contribution is 2.24. The lowest BCUT2D eigenvalue weighted by Crippen LogP contribution is -2.03. The van der Waals surface area contributed by atoms with E-state index >= 15 is 0 Å². The van der Waals surface area contributed by atoms with Crippen molar-refractivity contribution in [3.8, 4) is 11.1 Å². The first-order chi connectivity index (χ1) is 13.1. The van der Waals surface area contributed by atoms with Crippen LogP contribution in [0.5, 0.6) is 0 Å². The first kappa shape index (κ1) is 21.2. The summed E-state index contributed by atoms with van der Waals surface area (Å²) in [6, 6.07) is 16.8. The summed E-state index contributed by atoms with van der Waals surface area (Å²) >= 11 is 0. The van der Waals surface area contributed by atoms with Crippen molar-refractivity contribution in [1.29, 1.82) is 0 Å². The van der Waals surface area contributed by atoms with Gasteiger partial charge in [0.2, 0.25) is 0 Å². The van der Waals surface area contributed by atoms with Gasteiger partial charge in [0, 0.05) is 13.0 Å². The summed E-state index contributed by atoms with van der Waals surface area (Å²) in [6.45, 7) is 5.91. The predicted octanol–water partition coefficient (Wildman–Crippen LogP) is 5.80. The summed E-state index contributed by atoms with van der Waals surface area (Å²) in [7, 11) is 1.43. The second-order valence-electron chi connectivity index (χ2n) is 7.19. The molecule has 0 spiro atoms. The topological polar surface area (TPSA) is 35.5 Å². The van der Waals surface area contributed by atoms with Crippen LogP contribution in [0.15, 0.2) is 48.5 Å². The van der Waals surface area contributed by atoms with E-state index in [9.17, 15) is 4.79 Å². The number of methoxy groups -OCH3 is 1. The summed E-state index contributed by atoms with van der Waals surface area (Å²) in [5.41, 5.74) is 4.63. The van der Waals surface area contributed by atoms with Gasteiger partial charge in [0.05, 0.1) is 13.7 Å². The third-order valence-electron chi connectivity index (χ3n) is 4.96. The van der Waals surface area contributed by atoms with Crippen LogP contribution in [0, 0.1) is 5.92 Å². The zero-order chi connectivity index (χ0) is 19.5. The smallest absolute Gasteiger partial charge is 0.305 e. The maximum atomic E-state index is 11.5. The van der Waals surface area contributed by atoms with Gasteiger partial charge in [-0.15, -0.1) is 0 Å². The molecule has 0 aromatic heterocycles. The zero-order valence-corrected chi connectivity index (χ0v) is 16.9. The predicted molar refractivity (Wildman–Crippen MR) is 111 cm³/mol. The van der Waals surface area contributed by atoms with Crippen LogP contribution in [-0.4, -0.2) is 19.7 Å². The van der Waals surface area contributed by atoms with E-state index in [1.165, 1.54) is 25.5 Å². The van der Waals surface area contributed by atoms with Crippen molar-refractivity contribution in [2.24, 2.45) is 5.92 Å². The second-order valence-corrected chi connectivity index (χ2v) is 7.19. The van der Waals surface area contributed by atoms with Crippen LogP contribution in [0.4, 0.5) is 0 Å². The van der Waals surface area contributed by atoms with Crippen LogP contribution in [-0.2, 0) is 27.3 Å². The number of carbonyl (C=O) groups excluding carboxylic acids is 1. The SMILES string of the molecule is CCC(C)CCCOCc1cc(CCC(=O)OC)cc(-c2ccccc2)c1. The number of rotatable bonds is 11. The van der Waals surface area contributed by atoms with Crippen LogP contribution in [0.25, 0.3) is 11.1 Å². The minimum atomic E-state index is -0.178. The molecule has 3 heteroatoms. The molecule has 0 aliphatic carbocycles. The number of hydrogen-bond donors (Lipinski definition) is 0. The fraction of sp³-hybridized carbons (Fsp3) is 0.458. The Hall–Kier alpha value is -2.13. The highest BCUT2D eigenvalue weighted by molar-refractivity contribution is 5.70. The monoisotopic (exact) mass is 368 g/mol. The van der Waals surface area contributed by atoms with Gasteiger partial charge >= 0.3 is 5.97 Å². The number of aryl methyl sites for hydroxylation is 1. The molecule has 0 N–H and O–H groups in total. The average Bonchev–Trinajstić information content (AvgIpc) is 2.72. The number of ether oxygens (including phenoxy) is 2. The van der Waals surface area contributed by atoms with E-state index in [1.54, 1.807) is 0 Å². The van der Waals surface area contributed by atoms with E-state index in [0.29, 0.717) is 19.4 Å². The van der Waals surface area contributed by atoms with E-state index in [0.717, 1.165) is 35.6 Å². The third-order valence-corrected chi connectivity index (χ3v) is 4.96. The molecular weight excluding hydrogens is 336 g/mol. The van der Waals surface area contributed by atoms with Crippen molar-refractivity contribution in [1.82, 2.24) is 0 Å². The molecule has 2 aromatic rings. The first-order valence-corrected chi connectivity index (χ1v) is 9.95. The minimum absolute atomic E-state index is 0.178. The van der Waals surface area contributed by atoms with E-state index in [-0.39, 0.29) is 5.97 Å². The molecule has 2 rings (SSSR count). The van der Waals surface area contributed by atoms with Crippen molar-refractivity contribution < 1.29 is 14.3 Å². The molecule has 146 valence electrons. The lowest BCUT2D eigenvalue weighted by Gasteiger charge is -2.12. The molecule has 27 heavy (non-hydrogen) atoms. The standard InChI is InChI=1S/C24H32O3/c1-4-19(2)9-8-14-27-18-21-15-20(12-13-24(25)26-3)16-23(17-21)22-10-6-5-7-11-22/h5-7,10-11,15-17,19H,4,8-9,12-14,18H2,1-3H3. The Labute approximate surface area is 163 Å². The molecule has 0 radical (unpaired) electrons. The van der Waals surface area contributed by atoms with Crippen molar-refractivity contribution in [3.05, 3.63) is 59.7 Å². The largest absolute Gasteiger partial charge is 0.469 e. The Kier molecular flexibility index (Phi) is 9.06. The molecule has 0 aliphatic heterocycles. The quantitative estimate of drug-likeness (QED) is 0.371. The van der Waals surface area contributed by atoms with Crippen LogP contribution < -0.4 is 0 Å². The maximum absolute atomic E-state index is 11.5. The van der Waals surface area contributed by atoms with Gasteiger partial charge < -0.3 is 9.47 Å². The molecule has 0 amide bonds. The van der Waals surface area contributed by atoms with Gasteiger partial charge in [-0.25, -0.2) is 0 Å². The molecule has 2 aromatic carbocycles. The fourth-order valence-corrected chi connectivity index (χ4v) is 3.06. The maximum Gasteiger partial charge on any atom is 0.305 e. The molecule has 3 nitrogen and oxygen atoms in total. The van der Waals surface area contributed by atoms with Gasteiger partial charge in [0.25, 0.3) is 0 Å². The molecule has 0 heterocycles. The summed E-state index contributed by atoms with van der Waals surface area (Å²) in [4.78, 5) is 11.5. The van der Waals surface area contributed by atoms with Gasteiger partial charge in [0.1, 0.15) is 0 Å². The molecule has 1 atom stereocenters. The van der Waals surface area contributed by atoms with Gasteiger partial charge in [-0.05, 0) is 53.5 Å². The minimum Gasteiger partial charge on any atom is -0.469 e. The molecule has 0 saturated heterocycles. The van der Waals surface area contributed by atoms with E-state index in [2.05, 4.69) is 44.2 Å². The Morgan fingerprint density at radius 2 is 1.78 bits per heavy atom. The number of carbonyl (C=O) groups is 1. The fourth-order valence-electron chi connectivity index (χ4n) is 3.06. The summed E-state index contributed by atoms with van der Waals surface area (Å²) in [5.74, 6) is 0.586. The molecule has 0 saturated carbocycles. The molecule has 1 unspecified atom stereocenters. The average molecular weight is 369 g/mol. The Morgan fingerprint density at radius 3 is 2.48 bits per heavy atom. The normalized spacial score (nSPS) is 12.0. The van der Waals surface area contributed by atoms with Gasteiger partial charge in [-0.3, -0.25) is 4.79 Å². The first-order valence-electron chi connectivity index (χ1n) is 9.95. The summed E-state index contributed by atoms with van der Waals surface area (Å²) in [5, 5.41) is 0. The number of benzene rings is 2. The molecule has 0 bridgehead atoms. The van der Waals surface area contributed by atoms with Crippen molar-refractivity contribution in [2.75, 3.05) is 13.7 Å². The van der Waals surface area contributed by atoms with Crippen LogP contribution in [0.2, 0.25) is 0 Å². The Morgan fingerprint density at radius 1 is 1.04 bits per heavy atom. The Bertz CT molecular complexity index is 694. The van der Waals surface area contributed by atoms with Crippen molar-refractivity contribution >= 4 is 5.97 Å². The number of hydrogen-bond acceptors (Lipinski definition) is 3.